The predicted octanol–water partition coefficient (Wildman–Crippen LogP) is 12.7. The Hall–Kier alpha value is -9.55. The van der Waals surface area contributed by atoms with Crippen LogP contribution in [0.15, 0.2) is 182 Å². The van der Waals surface area contributed by atoms with Gasteiger partial charge in [-0.25, -0.2) is 54.8 Å². The van der Waals surface area contributed by atoms with E-state index in [1.807, 2.05) is 131 Å². The van der Waals surface area contributed by atoms with Crippen LogP contribution >= 0.6 is 0 Å². The van der Waals surface area contributed by atoms with Crippen molar-refractivity contribution in [3.05, 3.63) is 205 Å². The lowest BCUT2D eigenvalue weighted by atomic mass is 10.0. The minimum absolute atomic E-state index is 0.479. The third kappa shape index (κ3) is 8.33. The smallest absolute Gasteiger partial charge is 0.166 e. The number of benzene rings is 7. The molecule has 0 saturated heterocycles. The zero-order valence-corrected chi connectivity index (χ0v) is 39.2. The van der Waals surface area contributed by atoms with Gasteiger partial charge < -0.3 is 4.57 Å². The van der Waals surface area contributed by atoms with E-state index in [4.69, 9.17) is 44.9 Å². The zero-order chi connectivity index (χ0) is 48.0. The molecular weight excluding hydrogens is 877 g/mol. The summed E-state index contributed by atoms with van der Waals surface area (Å²) in [4.78, 5) is 54.2. The molecule has 12 nitrogen and oxygen atoms in total. The molecule has 0 spiro atoms. The fraction of sp³-hybridized carbons (Fsp3) is 0.0678. The van der Waals surface area contributed by atoms with Crippen LogP contribution in [0.4, 0.5) is 0 Å². The maximum Gasteiger partial charge on any atom is 0.166 e. The molecule has 12 heteroatoms. The summed E-state index contributed by atoms with van der Waals surface area (Å²) in [6, 6.07) is 61.5. The van der Waals surface area contributed by atoms with Crippen molar-refractivity contribution in [3.63, 3.8) is 0 Å². The molecule has 0 amide bonds. The Morgan fingerprint density at radius 3 is 1.06 bits per heavy atom. The first-order chi connectivity index (χ1) is 34.8. The molecule has 0 atom stereocenters. The van der Waals surface area contributed by atoms with E-state index in [9.17, 15) is 0 Å². The van der Waals surface area contributed by atoms with Gasteiger partial charge in [-0.05, 0) is 88.4 Å². The van der Waals surface area contributed by atoms with Gasteiger partial charge >= 0.3 is 0 Å². The maximum atomic E-state index is 5.31. The SMILES string of the molecule is Cc1nc(C)nc(-c2ccc3c(c2)c2cc(-c4nc(C)nc(C)n4)ccc2n3-c2ccc(-c3nc(-c4ccccc4)cc(-c4ccccc4)n3)cc2-c2nc(-c3ccccc3)nc(-c3ccccc3)n2)n1. The summed E-state index contributed by atoms with van der Waals surface area (Å²) >= 11 is 0. The van der Waals surface area contributed by atoms with Crippen molar-refractivity contribution in [1.29, 1.82) is 0 Å². The molecule has 5 heterocycles. The first-order valence-electron chi connectivity index (χ1n) is 23.3. The summed E-state index contributed by atoms with van der Waals surface area (Å²) in [5.41, 5.74) is 11.3. The summed E-state index contributed by atoms with van der Waals surface area (Å²) in [6.07, 6.45) is 0. The van der Waals surface area contributed by atoms with Crippen LogP contribution in [0.1, 0.15) is 23.3 Å². The molecular formula is C59H42N12. The Morgan fingerprint density at radius 2 is 0.620 bits per heavy atom. The number of hydrogen-bond acceptors (Lipinski definition) is 11. The number of nitrogens with zero attached hydrogens (tertiary/aromatic N) is 12. The fourth-order valence-corrected chi connectivity index (χ4v) is 9.12. The van der Waals surface area contributed by atoms with Gasteiger partial charge in [-0.3, -0.25) is 0 Å². The van der Waals surface area contributed by atoms with Gasteiger partial charge in [0.2, 0.25) is 0 Å². The Balaban J connectivity index is 1.15. The molecule has 5 aromatic heterocycles. The topological polar surface area (TPSA) is 147 Å². The molecule has 0 radical (unpaired) electrons. The van der Waals surface area contributed by atoms with Gasteiger partial charge in [0.25, 0.3) is 0 Å². The van der Waals surface area contributed by atoms with Gasteiger partial charge in [0, 0.05) is 55.3 Å². The van der Waals surface area contributed by atoms with Crippen molar-refractivity contribution in [2.75, 3.05) is 0 Å². The summed E-state index contributed by atoms with van der Waals surface area (Å²) in [7, 11) is 0. The average Bonchev–Trinajstić information content (AvgIpc) is 3.73. The lowest BCUT2D eigenvalue weighted by Crippen LogP contribution is -2.05. The number of hydrogen-bond donors (Lipinski definition) is 0. The van der Waals surface area contributed by atoms with Crippen molar-refractivity contribution < 1.29 is 0 Å². The zero-order valence-electron chi connectivity index (χ0n) is 39.2. The fourth-order valence-electron chi connectivity index (χ4n) is 9.12. The molecule has 0 bridgehead atoms. The minimum Gasteiger partial charge on any atom is -0.308 e. The van der Waals surface area contributed by atoms with Crippen LogP contribution in [0.5, 0.6) is 0 Å². The summed E-state index contributed by atoms with van der Waals surface area (Å²) in [5.74, 6) is 5.93. The molecule has 0 saturated carbocycles. The highest BCUT2D eigenvalue weighted by Crippen LogP contribution is 2.41. The van der Waals surface area contributed by atoms with Gasteiger partial charge in [0.1, 0.15) is 23.3 Å². The largest absolute Gasteiger partial charge is 0.308 e. The van der Waals surface area contributed by atoms with Crippen molar-refractivity contribution in [2.24, 2.45) is 0 Å². The van der Waals surface area contributed by atoms with Gasteiger partial charge in [0.15, 0.2) is 34.9 Å². The molecule has 7 aromatic carbocycles. The Morgan fingerprint density at radius 1 is 0.268 bits per heavy atom. The molecule has 12 aromatic rings. The molecule has 12 rings (SSSR count). The quantitative estimate of drug-likeness (QED) is 0.136. The van der Waals surface area contributed by atoms with Crippen molar-refractivity contribution in [2.45, 2.75) is 27.7 Å². The molecule has 0 unspecified atom stereocenters. The van der Waals surface area contributed by atoms with Crippen LogP contribution < -0.4 is 0 Å². The Labute approximate surface area is 409 Å². The maximum absolute atomic E-state index is 5.31. The van der Waals surface area contributed by atoms with Crippen LogP contribution in [-0.2, 0) is 0 Å². The highest BCUT2D eigenvalue weighted by atomic mass is 15.1. The first kappa shape index (κ1) is 42.8. The van der Waals surface area contributed by atoms with E-state index in [2.05, 4.69) is 93.4 Å². The molecule has 0 fully saturated rings. The van der Waals surface area contributed by atoms with E-state index in [0.717, 1.165) is 83.4 Å². The summed E-state index contributed by atoms with van der Waals surface area (Å²) in [6.45, 7) is 7.55. The molecule has 0 N–H and O–H groups in total. The molecule has 338 valence electrons. The van der Waals surface area contributed by atoms with E-state index >= 15 is 0 Å². The van der Waals surface area contributed by atoms with Crippen LogP contribution in [0, 0.1) is 27.7 Å². The lowest BCUT2D eigenvalue weighted by Gasteiger charge is -2.17. The standard InChI is InChI=1S/C59H42N12/c1-35-60-36(2)63-56(62-35)43-25-28-51-46(31-43)47-32-44(57-64-37(3)61-38(4)65-57)26-29-52(47)71(51)53-30-27-45(58-66-49(39-17-9-5-10-18-39)34-50(67-58)40-19-11-6-12-20-40)33-48(53)59-69-54(41-21-13-7-14-22-41)68-55(70-59)42-23-15-8-16-24-42/h5-34H,1-4H3. The minimum atomic E-state index is 0.479. The van der Waals surface area contributed by atoms with E-state index < -0.39 is 0 Å². The summed E-state index contributed by atoms with van der Waals surface area (Å²) in [5, 5.41) is 1.95. The second-order valence-corrected chi connectivity index (χ2v) is 17.3. The van der Waals surface area contributed by atoms with Gasteiger partial charge in [-0.2, -0.15) is 0 Å². The van der Waals surface area contributed by atoms with Crippen molar-refractivity contribution >= 4 is 21.8 Å². The van der Waals surface area contributed by atoms with Gasteiger partial charge in [0.05, 0.1) is 28.1 Å². The second-order valence-electron chi connectivity index (χ2n) is 17.3. The molecule has 0 aliphatic rings. The van der Waals surface area contributed by atoms with E-state index in [-0.39, 0.29) is 0 Å². The van der Waals surface area contributed by atoms with Crippen LogP contribution in [0.3, 0.4) is 0 Å². The predicted molar refractivity (Wildman–Crippen MR) is 279 cm³/mol. The highest BCUT2D eigenvalue weighted by molar-refractivity contribution is 6.12. The lowest BCUT2D eigenvalue weighted by molar-refractivity contribution is 0.928. The van der Waals surface area contributed by atoms with Crippen LogP contribution in [0.25, 0.3) is 118 Å². The third-order valence-electron chi connectivity index (χ3n) is 12.3. The van der Waals surface area contributed by atoms with Crippen LogP contribution in [-0.4, -0.2) is 59.4 Å². The Bertz CT molecular complexity index is 3710. The van der Waals surface area contributed by atoms with Gasteiger partial charge in [-0.1, -0.05) is 121 Å². The number of rotatable bonds is 9. The van der Waals surface area contributed by atoms with Crippen LogP contribution in [0.2, 0.25) is 0 Å². The molecule has 71 heavy (non-hydrogen) atoms. The third-order valence-corrected chi connectivity index (χ3v) is 12.3. The number of aryl methyl sites for hydroxylation is 4. The van der Waals surface area contributed by atoms with Crippen molar-refractivity contribution in [3.8, 4) is 96.5 Å². The average molecular weight is 919 g/mol. The normalized spacial score (nSPS) is 11.4. The summed E-state index contributed by atoms with van der Waals surface area (Å²) < 4.78 is 2.27. The van der Waals surface area contributed by atoms with E-state index in [0.29, 0.717) is 58.2 Å². The second kappa shape index (κ2) is 17.8. The highest BCUT2D eigenvalue weighted by Gasteiger charge is 2.23. The van der Waals surface area contributed by atoms with Gasteiger partial charge in [-0.15, -0.1) is 0 Å². The number of fused-ring (bicyclic) bond motifs is 3. The molecule has 0 aliphatic carbocycles. The first-order valence-corrected chi connectivity index (χ1v) is 23.3. The monoisotopic (exact) mass is 918 g/mol. The van der Waals surface area contributed by atoms with E-state index in [1.165, 1.54) is 0 Å². The van der Waals surface area contributed by atoms with Crippen molar-refractivity contribution in [1.82, 2.24) is 59.4 Å². The number of aromatic nitrogens is 12. The Kier molecular flexibility index (Phi) is 10.7. The molecule has 0 aliphatic heterocycles. The van der Waals surface area contributed by atoms with E-state index in [1.54, 1.807) is 0 Å².